The Morgan fingerprint density at radius 2 is 1.69 bits per heavy atom. The number of halogens is 1. The first-order chi connectivity index (χ1) is 14.1. The molecule has 6 nitrogen and oxygen atoms in total. The summed E-state index contributed by atoms with van der Waals surface area (Å²) in [6.45, 7) is -0.118. The van der Waals surface area contributed by atoms with E-state index in [4.69, 9.17) is 20.8 Å². The van der Waals surface area contributed by atoms with Crippen molar-refractivity contribution in [2.24, 2.45) is 0 Å². The highest BCUT2D eigenvalue weighted by Gasteiger charge is 2.16. The van der Waals surface area contributed by atoms with Gasteiger partial charge in [0.2, 0.25) is 5.89 Å². The predicted molar refractivity (Wildman–Crippen MR) is 109 cm³/mol. The van der Waals surface area contributed by atoms with Crippen LogP contribution in [0.25, 0.3) is 11.1 Å². The van der Waals surface area contributed by atoms with Crippen molar-refractivity contribution < 1.29 is 18.7 Å². The average molecular weight is 407 g/mol. The van der Waals surface area contributed by atoms with Crippen LogP contribution >= 0.6 is 11.6 Å². The van der Waals surface area contributed by atoms with Crippen LogP contribution in [-0.2, 0) is 11.3 Å². The SMILES string of the molecule is O=C(Nc1ccccc1C(=O)OCc1nc2ccccc2o1)c1ccc(Cl)cc1. The van der Waals surface area contributed by atoms with Crippen molar-refractivity contribution in [3.63, 3.8) is 0 Å². The van der Waals surface area contributed by atoms with Gasteiger partial charge in [-0.25, -0.2) is 9.78 Å². The number of benzene rings is 3. The van der Waals surface area contributed by atoms with Crippen molar-refractivity contribution in [3.8, 4) is 0 Å². The summed E-state index contributed by atoms with van der Waals surface area (Å²) in [7, 11) is 0. The number of carbonyl (C=O) groups is 2. The fourth-order valence-corrected chi connectivity index (χ4v) is 2.88. The van der Waals surface area contributed by atoms with Crippen molar-refractivity contribution in [1.82, 2.24) is 4.98 Å². The topological polar surface area (TPSA) is 81.4 Å². The Balaban J connectivity index is 1.47. The molecule has 0 fully saturated rings. The molecule has 0 aliphatic rings. The number of anilines is 1. The maximum Gasteiger partial charge on any atom is 0.340 e. The third kappa shape index (κ3) is 4.28. The largest absolute Gasteiger partial charge is 0.452 e. The average Bonchev–Trinajstić information content (AvgIpc) is 3.16. The van der Waals surface area contributed by atoms with E-state index in [0.29, 0.717) is 33.3 Å². The molecule has 0 bridgehead atoms. The molecule has 144 valence electrons. The molecule has 1 amide bonds. The van der Waals surface area contributed by atoms with Crippen LogP contribution in [0.4, 0.5) is 5.69 Å². The van der Waals surface area contributed by atoms with Crippen molar-refractivity contribution in [2.45, 2.75) is 6.61 Å². The standard InChI is InChI=1S/C22H15ClN2O4/c23-15-11-9-14(10-12-15)21(26)25-17-6-2-1-5-16(17)22(27)28-13-20-24-18-7-3-4-8-19(18)29-20/h1-12H,13H2,(H,25,26). The number of esters is 1. The lowest BCUT2D eigenvalue weighted by Crippen LogP contribution is -2.15. The Bertz CT molecular complexity index is 1150. The summed E-state index contributed by atoms with van der Waals surface area (Å²) in [5.74, 6) is -0.664. The number of amides is 1. The van der Waals surface area contributed by atoms with E-state index < -0.39 is 5.97 Å². The molecule has 1 heterocycles. The first-order valence-corrected chi connectivity index (χ1v) is 9.15. The number of aromatic nitrogens is 1. The van der Waals surface area contributed by atoms with Gasteiger partial charge in [0.05, 0.1) is 11.3 Å². The number of ether oxygens (including phenoxy) is 1. The molecule has 1 aromatic heterocycles. The summed E-state index contributed by atoms with van der Waals surface area (Å²) in [6.07, 6.45) is 0. The van der Waals surface area contributed by atoms with Crippen LogP contribution in [0.2, 0.25) is 5.02 Å². The van der Waals surface area contributed by atoms with E-state index >= 15 is 0 Å². The zero-order valence-electron chi connectivity index (χ0n) is 15.1. The van der Waals surface area contributed by atoms with Gasteiger partial charge in [-0.2, -0.15) is 0 Å². The molecule has 0 aliphatic heterocycles. The van der Waals surface area contributed by atoms with Gasteiger partial charge in [-0.3, -0.25) is 4.79 Å². The van der Waals surface area contributed by atoms with Crippen molar-refractivity contribution in [3.05, 3.63) is 94.8 Å². The summed E-state index contributed by atoms with van der Waals surface area (Å²) in [5.41, 5.74) is 2.30. The number of fused-ring (bicyclic) bond motifs is 1. The van der Waals surface area contributed by atoms with Gasteiger partial charge in [0.25, 0.3) is 5.91 Å². The lowest BCUT2D eigenvalue weighted by atomic mass is 10.1. The zero-order chi connectivity index (χ0) is 20.2. The Hall–Kier alpha value is -3.64. The minimum Gasteiger partial charge on any atom is -0.452 e. The molecule has 0 saturated heterocycles. The van der Waals surface area contributed by atoms with Crippen LogP contribution in [0.15, 0.2) is 77.2 Å². The molecule has 7 heteroatoms. The summed E-state index contributed by atoms with van der Waals surface area (Å²) in [6, 6.07) is 20.3. The second kappa shape index (κ2) is 8.16. The normalized spacial score (nSPS) is 10.7. The highest BCUT2D eigenvalue weighted by molar-refractivity contribution is 6.30. The van der Waals surface area contributed by atoms with Crippen molar-refractivity contribution in [1.29, 1.82) is 0 Å². The zero-order valence-corrected chi connectivity index (χ0v) is 15.8. The molecule has 3 aromatic carbocycles. The predicted octanol–water partition coefficient (Wildman–Crippen LogP) is 5.09. The molecule has 0 spiro atoms. The maximum absolute atomic E-state index is 12.6. The molecule has 4 rings (SSSR count). The quantitative estimate of drug-likeness (QED) is 0.467. The van der Waals surface area contributed by atoms with E-state index in [-0.39, 0.29) is 18.1 Å². The Morgan fingerprint density at radius 1 is 0.966 bits per heavy atom. The molecular weight excluding hydrogens is 392 g/mol. The van der Waals surface area contributed by atoms with Crippen LogP contribution in [0.1, 0.15) is 26.6 Å². The number of para-hydroxylation sites is 3. The summed E-state index contributed by atoms with van der Waals surface area (Å²) < 4.78 is 10.9. The molecule has 0 saturated carbocycles. The number of nitrogens with one attached hydrogen (secondary N) is 1. The van der Waals surface area contributed by atoms with Gasteiger partial charge in [-0.15, -0.1) is 0 Å². The Labute approximate surface area is 171 Å². The van der Waals surface area contributed by atoms with Gasteiger partial charge in [0.15, 0.2) is 12.2 Å². The minimum atomic E-state index is -0.598. The number of oxazole rings is 1. The number of rotatable bonds is 5. The second-order valence-electron chi connectivity index (χ2n) is 6.16. The van der Waals surface area contributed by atoms with Crippen LogP contribution in [0.5, 0.6) is 0 Å². The third-order valence-corrected chi connectivity index (χ3v) is 4.42. The van der Waals surface area contributed by atoms with E-state index in [1.54, 1.807) is 54.6 Å². The van der Waals surface area contributed by atoms with Crippen LogP contribution < -0.4 is 5.32 Å². The molecule has 29 heavy (non-hydrogen) atoms. The van der Waals surface area contributed by atoms with E-state index in [1.165, 1.54) is 0 Å². The monoisotopic (exact) mass is 406 g/mol. The van der Waals surface area contributed by atoms with E-state index in [1.807, 2.05) is 18.2 Å². The highest BCUT2D eigenvalue weighted by Crippen LogP contribution is 2.20. The van der Waals surface area contributed by atoms with Crippen LogP contribution in [0, 0.1) is 0 Å². The van der Waals surface area contributed by atoms with Gasteiger partial charge < -0.3 is 14.5 Å². The number of nitrogens with zero attached hydrogens (tertiary/aromatic N) is 1. The van der Waals surface area contributed by atoms with Crippen LogP contribution in [0.3, 0.4) is 0 Å². The fraction of sp³-hybridized carbons (Fsp3) is 0.0455. The fourth-order valence-electron chi connectivity index (χ4n) is 2.75. The first kappa shape index (κ1) is 18.7. The first-order valence-electron chi connectivity index (χ1n) is 8.78. The van der Waals surface area contributed by atoms with Crippen molar-refractivity contribution >= 4 is 40.3 Å². The van der Waals surface area contributed by atoms with Gasteiger partial charge >= 0.3 is 5.97 Å². The molecule has 0 radical (unpaired) electrons. The van der Waals surface area contributed by atoms with Gasteiger partial charge in [-0.1, -0.05) is 35.9 Å². The molecule has 1 N–H and O–H groups in total. The summed E-state index contributed by atoms with van der Waals surface area (Å²) in [5, 5.41) is 3.26. The summed E-state index contributed by atoms with van der Waals surface area (Å²) >= 11 is 5.85. The molecular formula is C22H15ClN2O4. The van der Waals surface area contributed by atoms with Gasteiger partial charge in [0.1, 0.15) is 5.52 Å². The van der Waals surface area contributed by atoms with E-state index in [0.717, 1.165) is 0 Å². The van der Waals surface area contributed by atoms with Gasteiger partial charge in [-0.05, 0) is 48.5 Å². The minimum absolute atomic E-state index is 0.118. The molecule has 0 atom stereocenters. The smallest absolute Gasteiger partial charge is 0.340 e. The van der Waals surface area contributed by atoms with Crippen LogP contribution in [-0.4, -0.2) is 16.9 Å². The lowest BCUT2D eigenvalue weighted by molar-refractivity contribution is 0.0441. The second-order valence-corrected chi connectivity index (χ2v) is 6.59. The lowest BCUT2D eigenvalue weighted by Gasteiger charge is -2.10. The number of hydrogen-bond donors (Lipinski definition) is 1. The molecule has 0 aliphatic carbocycles. The van der Waals surface area contributed by atoms with E-state index in [9.17, 15) is 9.59 Å². The summed E-state index contributed by atoms with van der Waals surface area (Å²) in [4.78, 5) is 29.3. The number of carbonyl (C=O) groups excluding carboxylic acids is 2. The molecule has 0 unspecified atom stereocenters. The number of hydrogen-bond acceptors (Lipinski definition) is 5. The maximum atomic E-state index is 12.6. The molecule has 4 aromatic rings. The Morgan fingerprint density at radius 3 is 2.48 bits per heavy atom. The highest BCUT2D eigenvalue weighted by atomic mass is 35.5. The third-order valence-electron chi connectivity index (χ3n) is 4.17. The van der Waals surface area contributed by atoms with Gasteiger partial charge in [0, 0.05) is 10.6 Å². The van der Waals surface area contributed by atoms with Crippen molar-refractivity contribution in [2.75, 3.05) is 5.32 Å². The van der Waals surface area contributed by atoms with E-state index in [2.05, 4.69) is 10.3 Å². The Kier molecular flexibility index (Phi) is 5.27.